The van der Waals surface area contributed by atoms with Crippen molar-refractivity contribution in [1.29, 1.82) is 0 Å². The zero-order valence-electron chi connectivity index (χ0n) is 9.68. The van der Waals surface area contributed by atoms with Crippen LogP contribution in [0.2, 0.25) is 0 Å². The first kappa shape index (κ1) is 15.3. The fourth-order valence-corrected chi connectivity index (χ4v) is 1.50. The smallest absolute Gasteiger partial charge is 0.314 e. The van der Waals surface area contributed by atoms with E-state index >= 15 is 0 Å². The fraction of sp³-hybridized carbons (Fsp3) is 0.455. The standard InChI is InChI=1S/C9H9F3OS.C2H6/c1-6-5-7(9(10,11)12)3-4-8(6)14-13-2;1-2/h3-5H,1-2H3;1-2H3. The molecule has 0 unspecified atom stereocenters. The number of alkyl halides is 3. The molecule has 0 aliphatic carbocycles. The molecule has 0 saturated carbocycles. The largest absolute Gasteiger partial charge is 0.416 e. The van der Waals surface area contributed by atoms with E-state index in [9.17, 15) is 13.2 Å². The number of rotatable bonds is 2. The van der Waals surface area contributed by atoms with Gasteiger partial charge in [0.1, 0.15) is 0 Å². The predicted octanol–water partition coefficient (Wildman–Crippen LogP) is 4.69. The average molecular weight is 252 g/mol. The molecule has 16 heavy (non-hydrogen) atoms. The van der Waals surface area contributed by atoms with Crippen molar-refractivity contribution in [2.45, 2.75) is 31.8 Å². The number of benzene rings is 1. The summed E-state index contributed by atoms with van der Waals surface area (Å²) >= 11 is 1.05. The van der Waals surface area contributed by atoms with E-state index in [1.165, 1.54) is 13.2 Å². The summed E-state index contributed by atoms with van der Waals surface area (Å²) in [6, 6.07) is 3.57. The summed E-state index contributed by atoms with van der Waals surface area (Å²) < 4.78 is 41.5. The highest BCUT2D eigenvalue weighted by molar-refractivity contribution is 7.94. The van der Waals surface area contributed by atoms with Gasteiger partial charge in [-0.2, -0.15) is 13.2 Å². The summed E-state index contributed by atoms with van der Waals surface area (Å²) in [6.07, 6.45) is -4.28. The van der Waals surface area contributed by atoms with Gasteiger partial charge in [-0.25, -0.2) is 0 Å². The number of hydrogen-bond acceptors (Lipinski definition) is 2. The number of hydrogen-bond donors (Lipinski definition) is 0. The first-order chi connectivity index (χ1) is 7.45. The van der Waals surface area contributed by atoms with Gasteiger partial charge in [0.25, 0.3) is 0 Å². The van der Waals surface area contributed by atoms with Crippen LogP contribution in [-0.2, 0) is 10.4 Å². The summed E-state index contributed by atoms with van der Waals surface area (Å²) in [7, 11) is 1.47. The number of aryl methyl sites for hydroxylation is 1. The van der Waals surface area contributed by atoms with E-state index in [2.05, 4.69) is 0 Å². The third kappa shape index (κ3) is 4.45. The van der Waals surface area contributed by atoms with Gasteiger partial charge in [-0.1, -0.05) is 13.8 Å². The molecule has 0 N–H and O–H groups in total. The minimum absolute atomic E-state index is 0.562. The molecule has 0 radical (unpaired) electrons. The molecular weight excluding hydrogens is 237 g/mol. The van der Waals surface area contributed by atoms with Crippen molar-refractivity contribution < 1.29 is 17.4 Å². The second kappa shape index (κ2) is 6.81. The van der Waals surface area contributed by atoms with Crippen molar-refractivity contribution in [1.82, 2.24) is 0 Å². The first-order valence-corrected chi connectivity index (χ1v) is 5.58. The zero-order valence-corrected chi connectivity index (χ0v) is 10.5. The molecule has 1 aromatic rings. The van der Waals surface area contributed by atoms with Gasteiger partial charge in [0.2, 0.25) is 0 Å². The van der Waals surface area contributed by atoms with Crippen molar-refractivity contribution in [3.05, 3.63) is 29.3 Å². The Labute approximate surface area is 98.2 Å². The molecule has 1 rings (SSSR count). The quantitative estimate of drug-likeness (QED) is 0.706. The van der Waals surface area contributed by atoms with Crippen molar-refractivity contribution in [2.75, 3.05) is 7.11 Å². The Hall–Kier alpha value is -0.680. The molecule has 5 heteroatoms. The van der Waals surface area contributed by atoms with Gasteiger partial charge < -0.3 is 4.18 Å². The molecule has 0 aliphatic rings. The molecule has 0 aromatic heterocycles. The maximum Gasteiger partial charge on any atom is 0.416 e. The maximum absolute atomic E-state index is 12.2. The molecule has 0 amide bonds. The second-order valence-corrected chi connectivity index (χ2v) is 3.67. The van der Waals surface area contributed by atoms with Crippen LogP contribution in [0.4, 0.5) is 13.2 Å². The van der Waals surface area contributed by atoms with E-state index in [0.717, 1.165) is 24.2 Å². The van der Waals surface area contributed by atoms with Crippen LogP contribution >= 0.6 is 12.0 Å². The van der Waals surface area contributed by atoms with E-state index in [4.69, 9.17) is 4.18 Å². The van der Waals surface area contributed by atoms with Crippen LogP contribution in [0.5, 0.6) is 0 Å². The molecule has 0 bridgehead atoms. The molecule has 1 aromatic carbocycles. The SMILES string of the molecule is CC.COSc1ccc(C(F)(F)F)cc1C. The Morgan fingerprint density at radius 2 is 1.75 bits per heavy atom. The molecule has 0 atom stereocenters. The Bertz CT molecular complexity index is 323. The first-order valence-electron chi connectivity index (χ1n) is 4.83. The van der Waals surface area contributed by atoms with Crippen LogP contribution in [0.15, 0.2) is 23.1 Å². The third-order valence-corrected chi connectivity index (χ3v) is 2.48. The lowest BCUT2D eigenvalue weighted by Gasteiger charge is -2.09. The summed E-state index contributed by atoms with van der Waals surface area (Å²) in [5.74, 6) is 0. The Kier molecular flexibility index (Phi) is 6.52. The molecule has 0 heterocycles. The van der Waals surface area contributed by atoms with E-state index < -0.39 is 11.7 Å². The van der Waals surface area contributed by atoms with E-state index in [1.807, 2.05) is 13.8 Å². The second-order valence-electron chi connectivity index (χ2n) is 2.73. The maximum atomic E-state index is 12.2. The Morgan fingerprint density at radius 3 is 2.12 bits per heavy atom. The lowest BCUT2D eigenvalue weighted by Crippen LogP contribution is -2.05. The van der Waals surface area contributed by atoms with Crippen LogP contribution in [-0.4, -0.2) is 7.11 Å². The monoisotopic (exact) mass is 252 g/mol. The van der Waals surface area contributed by atoms with Gasteiger partial charge in [-0.15, -0.1) is 0 Å². The van der Waals surface area contributed by atoms with E-state index in [1.54, 1.807) is 6.92 Å². The minimum atomic E-state index is -4.28. The fourth-order valence-electron chi connectivity index (χ4n) is 1.01. The van der Waals surface area contributed by atoms with Gasteiger partial charge in [-0.3, -0.25) is 0 Å². The van der Waals surface area contributed by atoms with E-state index in [0.29, 0.717) is 10.5 Å². The number of halogens is 3. The van der Waals surface area contributed by atoms with Gasteiger partial charge in [-0.05, 0) is 30.7 Å². The molecule has 0 spiro atoms. The van der Waals surface area contributed by atoms with Crippen LogP contribution in [0.3, 0.4) is 0 Å². The zero-order chi connectivity index (χ0) is 12.8. The summed E-state index contributed by atoms with van der Waals surface area (Å²) in [6.45, 7) is 5.62. The van der Waals surface area contributed by atoms with Gasteiger partial charge in [0.15, 0.2) is 0 Å². The van der Waals surface area contributed by atoms with Gasteiger partial charge >= 0.3 is 6.18 Å². The third-order valence-electron chi connectivity index (χ3n) is 1.68. The average Bonchev–Trinajstić information content (AvgIpc) is 2.23. The predicted molar refractivity (Wildman–Crippen MR) is 60.4 cm³/mol. The van der Waals surface area contributed by atoms with Crippen molar-refractivity contribution >= 4 is 12.0 Å². The van der Waals surface area contributed by atoms with Crippen molar-refractivity contribution in [3.63, 3.8) is 0 Å². The topological polar surface area (TPSA) is 9.23 Å². The molecule has 1 nitrogen and oxygen atoms in total. The van der Waals surface area contributed by atoms with E-state index in [-0.39, 0.29) is 0 Å². The molecule has 0 fully saturated rings. The molecule has 92 valence electrons. The van der Waals surface area contributed by atoms with Crippen LogP contribution in [0.25, 0.3) is 0 Å². The van der Waals surface area contributed by atoms with Crippen molar-refractivity contribution in [2.24, 2.45) is 0 Å². The van der Waals surface area contributed by atoms with Crippen LogP contribution in [0.1, 0.15) is 25.0 Å². The van der Waals surface area contributed by atoms with Crippen LogP contribution < -0.4 is 0 Å². The highest BCUT2D eigenvalue weighted by Gasteiger charge is 2.30. The summed E-state index contributed by atoms with van der Waals surface area (Å²) in [5.41, 5.74) is -0.0675. The molecular formula is C11H15F3OS. The minimum Gasteiger partial charge on any atom is -0.314 e. The van der Waals surface area contributed by atoms with Crippen LogP contribution in [0, 0.1) is 6.92 Å². The van der Waals surface area contributed by atoms with Gasteiger partial charge in [0.05, 0.1) is 12.7 Å². The molecule has 0 aliphatic heterocycles. The van der Waals surface area contributed by atoms with Crippen molar-refractivity contribution in [3.8, 4) is 0 Å². The Balaban J connectivity index is 0.00000106. The van der Waals surface area contributed by atoms with Gasteiger partial charge in [0, 0.05) is 16.9 Å². The summed E-state index contributed by atoms with van der Waals surface area (Å²) in [4.78, 5) is 0.695. The molecule has 0 saturated heterocycles. The summed E-state index contributed by atoms with van der Waals surface area (Å²) in [5, 5.41) is 0. The normalized spacial score (nSPS) is 10.7. The Morgan fingerprint density at radius 1 is 1.19 bits per heavy atom. The highest BCUT2D eigenvalue weighted by Crippen LogP contribution is 2.32. The highest BCUT2D eigenvalue weighted by atomic mass is 32.2. The lowest BCUT2D eigenvalue weighted by atomic mass is 10.1. The lowest BCUT2D eigenvalue weighted by molar-refractivity contribution is -0.137.